The fraction of sp³-hybridized carbons (Fsp3) is 0.217. The molecule has 0 amide bonds. The van der Waals surface area contributed by atoms with Crippen molar-refractivity contribution in [3.05, 3.63) is 222 Å². The van der Waals surface area contributed by atoms with Gasteiger partial charge in [0.1, 0.15) is 17.5 Å². The molecule has 3 heterocycles. The number of pyridine rings is 1. The number of anilines is 4. The predicted octanol–water partition coefficient (Wildman–Crippen LogP) is 19.4. The van der Waals surface area contributed by atoms with Gasteiger partial charge in [0.05, 0.1) is 0 Å². The van der Waals surface area contributed by atoms with Gasteiger partial charge in [-0.3, -0.25) is 0 Å². The second kappa shape index (κ2) is 20.6. The van der Waals surface area contributed by atoms with Gasteiger partial charge >= 0.3 is 0 Å². The maximum atomic E-state index is 15.6. The van der Waals surface area contributed by atoms with Crippen molar-refractivity contribution in [2.24, 2.45) is 0 Å². The smallest absolute Gasteiger partial charge is 0.135 e. The summed E-state index contributed by atoms with van der Waals surface area (Å²) in [5.41, 5.74) is 15.7. The Labute approximate surface area is 467 Å². The Morgan fingerprint density at radius 1 is 0.545 bits per heavy atom. The summed E-state index contributed by atoms with van der Waals surface area (Å²) >= 11 is 0. The van der Waals surface area contributed by atoms with Gasteiger partial charge in [0, 0.05) is 78.5 Å². The summed E-state index contributed by atoms with van der Waals surface area (Å²) in [4.78, 5) is 9.23. The van der Waals surface area contributed by atoms with E-state index in [0.717, 1.165) is 89.8 Å². The number of halogens is 2. The van der Waals surface area contributed by atoms with E-state index in [9.17, 15) is 0 Å². The second-order valence-electron chi connectivity index (χ2n) is 23.0. The Bertz CT molecular complexity index is 3830. The van der Waals surface area contributed by atoms with Crippen molar-refractivity contribution in [1.82, 2.24) is 9.55 Å². The third-order valence-electron chi connectivity index (χ3n) is 14.8. The van der Waals surface area contributed by atoms with Gasteiger partial charge < -0.3 is 19.1 Å². The van der Waals surface area contributed by atoms with E-state index < -0.39 is 11.6 Å². The third-order valence-corrected chi connectivity index (χ3v) is 14.8. The average Bonchev–Trinajstić information content (AvgIpc) is 3.99. The number of aromatic nitrogens is 2. The van der Waals surface area contributed by atoms with Crippen LogP contribution in [0.25, 0.3) is 61.0 Å². The van der Waals surface area contributed by atoms with Gasteiger partial charge in [-0.05, 0) is 134 Å². The summed E-state index contributed by atoms with van der Waals surface area (Å²) in [7, 11) is 0. The number of fused-ring (bicyclic) bond motifs is 4. The minimum Gasteiger partial charge on any atom is -0.509 e. The summed E-state index contributed by atoms with van der Waals surface area (Å²) in [6, 6.07) is 60.0. The van der Waals surface area contributed by atoms with Crippen LogP contribution in [0.4, 0.5) is 31.5 Å². The number of hydrogen-bond donors (Lipinski definition) is 0. The van der Waals surface area contributed by atoms with Gasteiger partial charge in [0.25, 0.3) is 0 Å². The molecule has 0 aliphatic carbocycles. The van der Waals surface area contributed by atoms with Gasteiger partial charge in [-0.1, -0.05) is 148 Å². The summed E-state index contributed by atoms with van der Waals surface area (Å²) in [6.45, 7) is 26.3. The predicted molar refractivity (Wildman–Crippen MR) is 311 cm³/mol. The SMILES string of the molecule is Cc1ccccc1-c1cc(Oc2[c-]c3c(cc2)c2ccccc2n3-c2cc(C(C)(C)C)ccn2)[c-]c(N2[CH-]N(c3c(-c4cc(F)cc(F)c4)cc(C(C)(C)C)cc3-c3cc(C(C)C)cc(C(C)C)c3)c3ccccc32)c1.[Pt]. The molecule has 1 aliphatic rings. The molecule has 2 aromatic heterocycles. The molecule has 0 unspecified atom stereocenters. The van der Waals surface area contributed by atoms with Crippen LogP contribution in [0.15, 0.2) is 164 Å². The quantitative estimate of drug-likeness (QED) is 0.128. The number of para-hydroxylation sites is 3. The van der Waals surface area contributed by atoms with Crippen LogP contribution < -0.4 is 14.5 Å². The molecular formula is C69H63F2N4OPt-3. The Hall–Kier alpha value is -7.34. The summed E-state index contributed by atoms with van der Waals surface area (Å²) in [6.07, 6.45) is 1.88. The minimum atomic E-state index is -0.639. The molecule has 0 N–H and O–H groups in total. The van der Waals surface area contributed by atoms with Crippen LogP contribution in [-0.4, -0.2) is 9.55 Å². The maximum absolute atomic E-state index is 15.6. The van der Waals surface area contributed by atoms with Crippen molar-refractivity contribution in [2.45, 2.75) is 98.8 Å². The molecule has 11 rings (SSSR count). The summed E-state index contributed by atoms with van der Waals surface area (Å²) in [5.74, 6) is 1.09. The number of aryl methyl sites for hydroxylation is 1. The normalized spacial score (nSPS) is 12.8. The average molecular weight is 1200 g/mol. The van der Waals surface area contributed by atoms with Crippen LogP contribution in [0.5, 0.6) is 11.5 Å². The number of hydrogen-bond acceptors (Lipinski definition) is 4. The van der Waals surface area contributed by atoms with E-state index in [1.54, 1.807) is 0 Å². The van der Waals surface area contributed by atoms with E-state index >= 15 is 8.78 Å². The fourth-order valence-corrected chi connectivity index (χ4v) is 10.5. The van der Waals surface area contributed by atoms with Crippen molar-refractivity contribution in [3.8, 4) is 50.7 Å². The van der Waals surface area contributed by atoms with E-state index in [-0.39, 0.29) is 43.7 Å². The fourth-order valence-electron chi connectivity index (χ4n) is 10.5. The molecule has 0 fully saturated rings. The largest absolute Gasteiger partial charge is 0.509 e. The Morgan fingerprint density at radius 2 is 1.14 bits per heavy atom. The molecule has 77 heavy (non-hydrogen) atoms. The molecule has 0 atom stereocenters. The van der Waals surface area contributed by atoms with Crippen molar-refractivity contribution in [2.75, 3.05) is 9.80 Å². The van der Waals surface area contributed by atoms with Gasteiger partial charge in [0.2, 0.25) is 0 Å². The first-order valence-electron chi connectivity index (χ1n) is 26.4. The van der Waals surface area contributed by atoms with E-state index in [1.165, 1.54) is 28.8 Å². The first kappa shape index (κ1) is 53.1. The Balaban J connectivity index is 0.00000672. The van der Waals surface area contributed by atoms with E-state index in [0.29, 0.717) is 22.6 Å². The third kappa shape index (κ3) is 10.2. The van der Waals surface area contributed by atoms with Crippen molar-refractivity contribution < 1.29 is 34.6 Å². The summed E-state index contributed by atoms with van der Waals surface area (Å²) in [5, 5.41) is 2.14. The van der Waals surface area contributed by atoms with Crippen LogP contribution in [0.2, 0.25) is 0 Å². The number of benzene rings is 8. The van der Waals surface area contributed by atoms with Crippen LogP contribution in [-0.2, 0) is 31.9 Å². The molecule has 392 valence electrons. The second-order valence-corrected chi connectivity index (χ2v) is 23.0. The van der Waals surface area contributed by atoms with Crippen LogP contribution in [0.3, 0.4) is 0 Å². The summed E-state index contributed by atoms with van der Waals surface area (Å²) < 4.78 is 40.3. The zero-order valence-electron chi connectivity index (χ0n) is 45.6. The Morgan fingerprint density at radius 3 is 1.79 bits per heavy atom. The minimum absolute atomic E-state index is 0. The van der Waals surface area contributed by atoms with E-state index in [4.69, 9.17) is 9.72 Å². The molecule has 0 radical (unpaired) electrons. The molecular weight excluding hydrogens is 1130 g/mol. The first-order chi connectivity index (χ1) is 36.3. The molecule has 8 heteroatoms. The van der Waals surface area contributed by atoms with Crippen molar-refractivity contribution in [3.63, 3.8) is 0 Å². The zero-order chi connectivity index (χ0) is 53.4. The molecule has 1 aliphatic heterocycles. The zero-order valence-corrected chi connectivity index (χ0v) is 47.9. The first-order valence-corrected chi connectivity index (χ1v) is 26.4. The number of nitrogens with zero attached hydrogens (tertiary/aromatic N) is 4. The maximum Gasteiger partial charge on any atom is 0.135 e. The standard InChI is InChI=1S/C69H63F2N4O.Pt/c1-42(2)45-28-46(43(3)4)30-47(29-45)60-35-51(69(9,10)11)36-61(48-31-52(70)38-53(71)32-48)67(60)74-41-73(63-22-16-17-23-64(63)74)54-33-49(57-19-13-12-18-44(57)5)34-56(39-54)76-55-24-25-59-58-20-14-15-21-62(58)75(65(59)40-55)66-37-50(26-27-72-66)68(6,7)8;/h12-38,41-43H,1-11H3;/q-3;. The van der Waals surface area contributed by atoms with Crippen LogP contribution >= 0.6 is 0 Å². The Kier molecular flexibility index (Phi) is 14.2. The molecule has 8 aromatic carbocycles. The number of rotatable bonds is 10. The molecule has 0 saturated carbocycles. The van der Waals surface area contributed by atoms with E-state index in [2.05, 4.69) is 225 Å². The van der Waals surface area contributed by atoms with Crippen LogP contribution in [0, 0.1) is 37.4 Å². The molecule has 10 aromatic rings. The molecule has 0 bridgehead atoms. The molecule has 0 spiro atoms. The topological polar surface area (TPSA) is 33.5 Å². The monoisotopic (exact) mass is 1200 g/mol. The van der Waals surface area contributed by atoms with Crippen LogP contribution in [0.1, 0.15) is 109 Å². The number of ether oxygens (including phenoxy) is 1. The van der Waals surface area contributed by atoms with Crippen molar-refractivity contribution >= 4 is 44.6 Å². The van der Waals surface area contributed by atoms with Gasteiger partial charge in [-0.15, -0.1) is 53.6 Å². The van der Waals surface area contributed by atoms with E-state index in [1.807, 2.05) is 30.5 Å². The van der Waals surface area contributed by atoms with Crippen molar-refractivity contribution in [1.29, 1.82) is 0 Å². The van der Waals surface area contributed by atoms with Gasteiger partial charge in [0.15, 0.2) is 0 Å². The van der Waals surface area contributed by atoms with Gasteiger partial charge in [-0.25, -0.2) is 13.8 Å². The van der Waals surface area contributed by atoms with Gasteiger partial charge in [-0.2, -0.15) is 6.07 Å². The molecule has 5 nitrogen and oxygen atoms in total. The molecule has 0 saturated heterocycles.